The van der Waals surface area contributed by atoms with Gasteiger partial charge in [0.25, 0.3) is 0 Å². The molecule has 0 saturated carbocycles. The van der Waals surface area contributed by atoms with Gasteiger partial charge >= 0.3 is 5.97 Å². The number of hydrogen-bond donors (Lipinski definition) is 1. The second-order valence-corrected chi connectivity index (χ2v) is 7.87. The van der Waals surface area contributed by atoms with Crippen molar-refractivity contribution >= 4 is 17.7 Å². The van der Waals surface area contributed by atoms with Gasteiger partial charge in [-0.2, -0.15) is 0 Å². The number of likely N-dealkylation sites (tertiary alicyclic amines) is 1. The minimum absolute atomic E-state index is 0.229. The number of thioether (sulfide) groups is 1. The first-order valence-corrected chi connectivity index (χ1v) is 9.56. The fourth-order valence-electron chi connectivity index (χ4n) is 3.60. The molecular weight excluding hydrogens is 334 g/mol. The van der Waals surface area contributed by atoms with Crippen molar-refractivity contribution < 1.29 is 14.6 Å². The van der Waals surface area contributed by atoms with Gasteiger partial charge in [0.2, 0.25) is 0 Å². The van der Waals surface area contributed by atoms with E-state index in [1.54, 1.807) is 0 Å². The third-order valence-corrected chi connectivity index (χ3v) is 6.16. The van der Waals surface area contributed by atoms with Gasteiger partial charge in [-0.15, -0.1) is 11.8 Å². The Morgan fingerprint density at radius 2 is 1.92 bits per heavy atom. The molecule has 4 rings (SSSR count). The molecular formula is C20H21NO3S. The number of carbonyl (C=O) groups is 1. The Morgan fingerprint density at radius 3 is 2.76 bits per heavy atom. The van der Waals surface area contributed by atoms with Crippen molar-refractivity contribution in [3.05, 3.63) is 54.1 Å². The van der Waals surface area contributed by atoms with Crippen molar-refractivity contribution in [1.29, 1.82) is 0 Å². The largest absolute Gasteiger partial charge is 0.481 e. The number of fused-ring (bicyclic) bond motifs is 2. The van der Waals surface area contributed by atoms with Crippen molar-refractivity contribution in [2.24, 2.45) is 5.92 Å². The molecule has 130 valence electrons. The molecule has 0 spiro atoms. The van der Waals surface area contributed by atoms with Crippen molar-refractivity contribution in [2.45, 2.75) is 23.0 Å². The van der Waals surface area contributed by atoms with Crippen LogP contribution in [0.3, 0.4) is 0 Å². The molecule has 2 aliphatic heterocycles. The number of carboxylic acids is 1. The van der Waals surface area contributed by atoms with E-state index in [1.807, 2.05) is 48.2 Å². The predicted octanol–water partition coefficient (Wildman–Crippen LogP) is 4.42. The van der Waals surface area contributed by atoms with Crippen molar-refractivity contribution in [1.82, 2.24) is 4.90 Å². The second-order valence-electron chi connectivity index (χ2n) is 6.63. The monoisotopic (exact) mass is 355 g/mol. The lowest BCUT2D eigenvalue weighted by molar-refractivity contribution is -0.143. The molecule has 2 aromatic rings. The van der Waals surface area contributed by atoms with Crippen LogP contribution in [0.4, 0.5) is 0 Å². The van der Waals surface area contributed by atoms with Crippen molar-refractivity contribution in [3.8, 4) is 11.5 Å². The number of ether oxygens (including phenoxy) is 1. The van der Waals surface area contributed by atoms with Crippen LogP contribution in [0.25, 0.3) is 0 Å². The van der Waals surface area contributed by atoms with E-state index in [0.29, 0.717) is 6.54 Å². The maximum Gasteiger partial charge on any atom is 0.307 e. The predicted molar refractivity (Wildman–Crippen MR) is 98.4 cm³/mol. The van der Waals surface area contributed by atoms with Gasteiger partial charge in [0.15, 0.2) is 0 Å². The highest BCUT2D eigenvalue weighted by Crippen LogP contribution is 2.48. The van der Waals surface area contributed by atoms with Gasteiger partial charge in [0.1, 0.15) is 11.5 Å². The Morgan fingerprint density at radius 1 is 1.16 bits per heavy atom. The van der Waals surface area contributed by atoms with Gasteiger partial charge in [-0.05, 0) is 37.6 Å². The van der Waals surface area contributed by atoms with E-state index in [1.165, 1.54) is 5.56 Å². The third-order valence-electron chi connectivity index (χ3n) is 4.88. The highest BCUT2D eigenvalue weighted by molar-refractivity contribution is 7.99. The number of benzene rings is 2. The highest BCUT2D eigenvalue weighted by Gasteiger charge is 2.30. The minimum Gasteiger partial charge on any atom is -0.481 e. The molecule has 1 fully saturated rings. The molecule has 0 aliphatic carbocycles. The highest BCUT2D eigenvalue weighted by atomic mass is 32.2. The zero-order valence-electron chi connectivity index (χ0n) is 13.9. The summed E-state index contributed by atoms with van der Waals surface area (Å²) in [6, 6.07) is 16.3. The molecule has 2 aromatic carbocycles. The summed E-state index contributed by atoms with van der Waals surface area (Å²) in [5, 5.41) is 9.57. The summed E-state index contributed by atoms with van der Waals surface area (Å²) in [5.41, 5.74) is 1.18. The lowest BCUT2D eigenvalue weighted by Gasteiger charge is -2.33. The number of piperidine rings is 1. The van der Waals surface area contributed by atoms with E-state index in [9.17, 15) is 9.90 Å². The molecule has 2 aliphatic rings. The van der Waals surface area contributed by atoms with Crippen LogP contribution in [-0.2, 0) is 4.79 Å². The molecule has 25 heavy (non-hydrogen) atoms. The summed E-state index contributed by atoms with van der Waals surface area (Å²) in [7, 11) is 0. The van der Waals surface area contributed by atoms with Gasteiger partial charge in [-0.3, -0.25) is 4.79 Å². The standard InChI is InChI=1S/C20H21NO3S/c22-20(23)14-6-5-11-21(12-14)13-19-15-7-1-2-8-16(15)24-17-9-3-4-10-18(17)25-19/h1-4,7-10,14,19H,5-6,11-13H2,(H,22,23)/t14-,19?/m1/s1. The van der Waals surface area contributed by atoms with E-state index in [0.717, 1.165) is 42.3 Å². The molecule has 0 aromatic heterocycles. The summed E-state index contributed by atoms with van der Waals surface area (Å²) < 4.78 is 6.15. The molecule has 0 bridgehead atoms. The van der Waals surface area contributed by atoms with Crippen molar-refractivity contribution in [2.75, 3.05) is 19.6 Å². The summed E-state index contributed by atoms with van der Waals surface area (Å²) in [6.45, 7) is 2.44. The minimum atomic E-state index is -0.674. The normalized spacial score (nSPS) is 23.0. The zero-order chi connectivity index (χ0) is 17.2. The lowest BCUT2D eigenvalue weighted by atomic mass is 9.98. The molecule has 2 atom stereocenters. The molecule has 1 unspecified atom stereocenters. The van der Waals surface area contributed by atoms with Gasteiger partial charge in [-0.1, -0.05) is 30.3 Å². The number of nitrogens with zero attached hydrogens (tertiary/aromatic N) is 1. The number of hydrogen-bond acceptors (Lipinski definition) is 4. The SMILES string of the molecule is O=C(O)[C@@H]1CCCN(CC2Sc3ccccc3Oc3ccccc32)C1. The smallest absolute Gasteiger partial charge is 0.307 e. The molecule has 2 heterocycles. The second kappa shape index (κ2) is 7.10. The number of carboxylic acid groups (broad SMARTS) is 1. The van der Waals surface area contributed by atoms with Crippen LogP contribution < -0.4 is 4.74 Å². The fourth-order valence-corrected chi connectivity index (χ4v) is 4.90. The maximum absolute atomic E-state index is 11.4. The van der Waals surface area contributed by atoms with E-state index in [4.69, 9.17) is 4.74 Å². The quantitative estimate of drug-likeness (QED) is 0.883. The zero-order valence-corrected chi connectivity index (χ0v) is 14.7. The first kappa shape index (κ1) is 16.5. The van der Waals surface area contributed by atoms with Gasteiger partial charge in [-0.25, -0.2) is 0 Å². The van der Waals surface area contributed by atoms with E-state index < -0.39 is 5.97 Å². The molecule has 0 amide bonds. The molecule has 4 nitrogen and oxygen atoms in total. The molecule has 1 saturated heterocycles. The molecule has 5 heteroatoms. The van der Waals surface area contributed by atoms with Crippen LogP contribution >= 0.6 is 11.8 Å². The van der Waals surface area contributed by atoms with Crippen LogP contribution in [-0.4, -0.2) is 35.6 Å². The van der Waals surface area contributed by atoms with E-state index in [-0.39, 0.29) is 11.2 Å². The summed E-state index contributed by atoms with van der Waals surface area (Å²) in [6.07, 6.45) is 1.73. The van der Waals surface area contributed by atoms with Gasteiger partial charge < -0.3 is 14.7 Å². The Labute approximate surface area is 151 Å². The van der Waals surface area contributed by atoms with Crippen LogP contribution in [0.1, 0.15) is 23.7 Å². The van der Waals surface area contributed by atoms with Crippen LogP contribution in [0.2, 0.25) is 0 Å². The van der Waals surface area contributed by atoms with Crippen LogP contribution in [0, 0.1) is 5.92 Å². The van der Waals surface area contributed by atoms with Crippen LogP contribution in [0.15, 0.2) is 53.4 Å². The number of rotatable bonds is 3. The topological polar surface area (TPSA) is 49.8 Å². The average molecular weight is 355 g/mol. The first-order chi connectivity index (χ1) is 12.2. The Kier molecular flexibility index (Phi) is 4.68. The first-order valence-electron chi connectivity index (χ1n) is 8.68. The number of aliphatic carboxylic acids is 1. The maximum atomic E-state index is 11.4. The Balaban J connectivity index is 1.61. The Bertz CT molecular complexity index is 779. The summed E-state index contributed by atoms with van der Waals surface area (Å²) in [4.78, 5) is 14.8. The third kappa shape index (κ3) is 3.53. The average Bonchev–Trinajstić information content (AvgIpc) is 2.78. The summed E-state index contributed by atoms with van der Waals surface area (Å²) >= 11 is 1.81. The fraction of sp³-hybridized carbons (Fsp3) is 0.350. The van der Waals surface area contributed by atoms with E-state index in [2.05, 4.69) is 17.0 Å². The Hall–Kier alpha value is -1.98. The van der Waals surface area contributed by atoms with Gasteiger partial charge in [0, 0.05) is 18.7 Å². The van der Waals surface area contributed by atoms with E-state index >= 15 is 0 Å². The van der Waals surface area contributed by atoms with Crippen molar-refractivity contribution in [3.63, 3.8) is 0 Å². The molecule has 0 radical (unpaired) electrons. The summed E-state index contributed by atoms with van der Waals surface area (Å²) in [5.74, 6) is 0.872. The molecule has 1 N–H and O–H groups in total. The van der Waals surface area contributed by atoms with Gasteiger partial charge in [0.05, 0.1) is 16.1 Å². The lowest BCUT2D eigenvalue weighted by Crippen LogP contribution is -2.40. The number of para-hydroxylation sites is 2. The van der Waals surface area contributed by atoms with Crippen LogP contribution in [0.5, 0.6) is 11.5 Å².